The maximum Gasteiger partial charge on any atom is 0.274 e. The van der Waals surface area contributed by atoms with Crippen molar-refractivity contribution in [2.75, 3.05) is 33.3 Å². The Morgan fingerprint density at radius 2 is 1.67 bits per heavy atom. The summed E-state index contributed by atoms with van der Waals surface area (Å²) in [5.41, 5.74) is 4.14. The first-order valence-electron chi connectivity index (χ1n) is 12.0. The van der Waals surface area contributed by atoms with E-state index >= 15 is 0 Å². The molecular formula is C27H32N4O2. The van der Waals surface area contributed by atoms with Crippen molar-refractivity contribution in [1.82, 2.24) is 19.4 Å². The molecule has 0 aliphatic carbocycles. The first-order chi connectivity index (χ1) is 16.2. The van der Waals surface area contributed by atoms with Crippen LogP contribution in [-0.4, -0.2) is 58.5 Å². The van der Waals surface area contributed by atoms with Gasteiger partial charge in [0.1, 0.15) is 17.3 Å². The summed E-state index contributed by atoms with van der Waals surface area (Å²) in [5, 5.41) is 0. The Bertz CT molecular complexity index is 1080. The predicted octanol–water partition coefficient (Wildman–Crippen LogP) is 4.24. The molecular weight excluding hydrogens is 412 g/mol. The Morgan fingerprint density at radius 1 is 0.909 bits per heavy atom. The normalized spacial score (nSPS) is 16.8. The lowest BCUT2D eigenvalue weighted by Gasteiger charge is -2.34. The van der Waals surface area contributed by atoms with Gasteiger partial charge >= 0.3 is 0 Å². The van der Waals surface area contributed by atoms with E-state index in [1.54, 1.807) is 7.11 Å². The summed E-state index contributed by atoms with van der Waals surface area (Å²) in [7, 11) is 1.69. The van der Waals surface area contributed by atoms with Crippen molar-refractivity contribution >= 4 is 5.91 Å². The van der Waals surface area contributed by atoms with Gasteiger partial charge in [0, 0.05) is 44.8 Å². The van der Waals surface area contributed by atoms with Gasteiger partial charge in [0.05, 0.1) is 12.8 Å². The van der Waals surface area contributed by atoms with Gasteiger partial charge in [0.2, 0.25) is 0 Å². The van der Waals surface area contributed by atoms with Crippen LogP contribution < -0.4 is 4.74 Å². The number of nitrogens with zero attached hydrogens (tertiary/aromatic N) is 4. The number of carbonyl (C=O) groups excluding carboxylic acids is 1. The van der Waals surface area contributed by atoms with Crippen molar-refractivity contribution in [3.63, 3.8) is 0 Å². The van der Waals surface area contributed by atoms with Crippen LogP contribution in [0.4, 0.5) is 0 Å². The standard InChI is InChI=1S/C27H32N4O2/c1-33-23-13-11-21(12-14-23)20-29-16-18-30(19-17-29)27(32)25-24-10-6-3-7-15-31(24)26(28-25)22-8-4-2-5-9-22/h2,4-5,8-9,11-14H,3,6-7,10,15-20H2,1H3. The second-order valence-electron chi connectivity index (χ2n) is 8.98. The molecule has 0 saturated carbocycles. The third kappa shape index (κ3) is 4.67. The highest BCUT2D eigenvalue weighted by molar-refractivity contribution is 5.94. The van der Waals surface area contributed by atoms with Crippen molar-refractivity contribution in [3.8, 4) is 17.1 Å². The van der Waals surface area contributed by atoms with Crippen LogP contribution in [0.3, 0.4) is 0 Å². The highest BCUT2D eigenvalue weighted by Crippen LogP contribution is 2.28. The molecule has 0 radical (unpaired) electrons. The van der Waals surface area contributed by atoms with Gasteiger partial charge in [0.25, 0.3) is 5.91 Å². The maximum absolute atomic E-state index is 13.6. The molecule has 6 heteroatoms. The fourth-order valence-corrected chi connectivity index (χ4v) is 4.95. The number of aromatic nitrogens is 2. The van der Waals surface area contributed by atoms with Crippen LogP contribution >= 0.6 is 0 Å². The zero-order valence-electron chi connectivity index (χ0n) is 19.4. The molecule has 33 heavy (non-hydrogen) atoms. The molecule has 172 valence electrons. The Morgan fingerprint density at radius 3 is 2.39 bits per heavy atom. The molecule has 2 aromatic carbocycles. The number of ether oxygens (including phenoxy) is 1. The Kier molecular flexibility index (Phi) is 6.44. The zero-order valence-corrected chi connectivity index (χ0v) is 19.4. The summed E-state index contributed by atoms with van der Waals surface area (Å²) in [6, 6.07) is 18.5. The number of imidazole rings is 1. The molecule has 0 bridgehead atoms. The quantitative estimate of drug-likeness (QED) is 0.591. The van der Waals surface area contributed by atoms with E-state index in [4.69, 9.17) is 9.72 Å². The Hall–Kier alpha value is -3.12. The smallest absolute Gasteiger partial charge is 0.274 e. The minimum atomic E-state index is 0.0897. The lowest BCUT2D eigenvalue weighted by atomic mass is 10.1. The van der Waals surface area contributed by atoms with Gasteiger partial charge in [-0.25, -0.2) is 4.98 Å². The van der Waals surface area contributed by atoms with Crippen LogP contribution in [0.2, 0.25) is 0 Å². The predicted molar refractivity (Wildman–Crippen MR) is 129 cm³/mol. The van der Waals surface area contributed by atoms with Gasteiger partial charge in [0.15, 0.2) is 0 Å². The molecule has 0 unspecified atom stereocenters. The van der Waals surface area contributed by atoms with Gasteiger partial charge in [-0.05, 0) is 37.0 Å². The third-order valence-corrected chi connectivity index (χ3v) is 6.83. The summed E-state index contributed by atoms with van der Waals surface area (Å²) < 4.78 is 7.55. The topological polar surface area (TPSA) is 50.6 Å². The summed E-state index contributed by atoms with van der Waals surface area (Å²) >= 11 is 0. The van der Waals surface area contributed by atoms with Crippen LogP contribution in [-0.2, 0) is 19.5 Å². The van der Waals surface area contributed by atoms with E-state index in [1.807, 2.05) is 35.2 Å². The number of rotatable bonds is 5. The van der Waals surface area contributed by atoms with E-state index in [2.05, 4.69) is 33.7 Å². The number of hydrogen-bond donors (Lipinski definition) is 0. The summed E-state index contributed by atoms with van der Waals surface area (Å²) in [5.74, 6) is 1.91. The van der Waals surface area contributed by atoms with Crippen molar-refractivity contribution < 1.29 is 9.53 Å². The van der Waals surface area contributed by atoms with Crippen molar-refractivity contribution in [3.05, 3.63) is 71.5 Å². The molecule has 2 aliphatic heterocycles. The summed E-state index contributed by atoms with van der Waals surface area (Å²) in [6.07, 6.45) is 4.39. The van der Waals surface area contributed by atoms with Crippen molar-refractivity contribution in [1.29, 1.82) is 0 Å². The van der Waals surface area contributed by atoms with Gasteiger partial charge < -0.3 is 14.2 Å². The number of hydrogen-bond acceptors (Lipinski definition) is 4. The van der Waals surface area contributed by atoms with E-state index in [9.17, 15) is 4.79 Å². The number of piperazine rings is 1. The average molecular weight is 445 g/mol. The van der Waals surface area contributed by atoms with Crippen molar-refractivity contribution in [2.24, 2.45) is 0 Å². The molecule has 0 spiro atoms. The van der Waals surface area contributed by atoms with E-state index in [0.717, 1.165) is 81.4 Å². The van der Waals surface area contributed by atoms with Gasteiger partial charge in [-0.1, -0.05) is 48.9 Å². The molecule has 6 nitrogen and oxygen atoms in total. The van der Waals surface area contributed by atoms with E-state index in [-0.39, 0.29) is 5.91 Å². The van der Waals surface area contributed by atoms with E-state index in [0.29, 0.717) is 5.69 Å². The number of amides is 1. The second-order valence-corrected chi connectivity index (χ2v) is 8.98. The molecule has 5 rings (SSSR count). The Balaban J connectivity index is 1.30. The fraction of sp³-hybridized carbons (Fsp3) is 0.407. The molecule has 1 aromatic heterocycles. The van der Waals surface area contributed by atoms with Crippen molar-refractivity contribution in [2.45, 2.75) is 38.8 Å². The first kappa shape index (κ1) is 21.7. The molecule has 3 aromatic rings. The number of fused-ring (bicyclic) bond motifs is 1. The monoisotopic (exact) mass is 444 g/mol. The molecule has 2 aliphatic rings. The minimum absolute atomic E-state index is 0.0897. The SMILES string of the molecule is COc1ccc(CN2CCN(C(=O)c3nc(-c4ccccc4)n4c3CCCCC4)CC2)cc1. The molecule has 3 heterocycles. The van der Waals surface area contributed by atoms with Gasteiger partial charge in [-0.15, -0.1) is 0 Å². The van der Waals surface area contributed by atoms with Crippen LogP contribution in [0, 0.1) is 0 Å². The lowest BCUT2D eigenvalue weighted by molar-refractivity contribution is 0.0622. The molecule has 0 N–H and O–H groups in total. The maximum atomic E-state index is 13.6. The fourth-order valence-electron chi connectivity index (χ4n) is 4.95. The van der Waals surface area contributed by atoms with E-state index < -0.39 is 0 Å². The average Bonchev–Trinajstić information content (AvgIpc) is 3.05. The zero-order chi connectivity index (χ0) is 22.6. The number of benzene rings is 2. The lowest BCUT2D eigenvalue weighted by Crippen LogP contribution is -2.48. The third-order valence-electron chi connectivity index (χ3n) is 6.83. The van der Waals surface area contributed by atoms with Gasteiger partial charge in [-0.3, -0.25) is 9.69 Å². The molecule has 1 fully saturated rings. The van der Waals surface area contributed by atoms with Crippen LogP contribution in [0.5, 0.6) is 5.75 Å². The minimum Gasteiger partial charge on any atom is -0.497 e. The molecule has 0 atom stereocenters. The summed E-state index contributed by atoms with van der Waals surface area (Å²) in [4.78, 5) is 22.9. The van der Waals surface area contributed by atoms with Crippen LogP contribution in [0.25, 0.3) is 11.4 Å². The Labute approximate surface area is 195 Å². The molecule has 1 saturated heterocycles. The highest BCUT2D eigenvalue weighted by atomic mass is 16.5. The number of carbonyl (C=O) groups is 1. The van der Waals surface area contributed by atoms with Crippen LogP contribution in [0.1, 0.15) is 41.0 Å². The number of methoxy groups -OCH3 is 1. The first-order valence-corrected chi connectivity index (χ1v) is 12.0. The second kappa shape index (κ2) is 9.79. The molecule has 1 amide bonds. The van der Waals surface area contributed by atoms with E-state index in [1.165, 1.54) is 12.0 Å². The van der Waals surface area contributed by atoms with Crippen LogP contribution in [0.15, 0.2) is 54.6 Å². The highest BCUT2D eigenvalue weighted by Gasteiger charge is 2.29. The van der Waals surface area contributed by atoms with Gasteiger partial charge in [-0.2, -0.15) is 0 Å². The summed E-state index contributed by atoms with van der Waals surface area (Å²) in [6.45, 7) is 5.06. The largest absolute Gasteiger partial charge is 0.497 e.